The predicted octanol–water partition coefficient (Wildman–Crippen LogP) is 3.80. The van der Waals surface area contributed by atoms with Crippen LogP contribution in [0, 0.1) is 0 Å². The van der Waals surface area contributed by atoms with E-state index in [1.807, 2.05) is 30.3 Å². The molecule has 1 N–H and O–H groups in total. The van der Waals surface area contributed by atoms with Crippen molar-refractivity contribution in [2.45, 2.75) is 44.4 Å². The molecule has 2 rings (SSSR count). The molecule has 0 aromatic heterocycles. The Morgan fingerprint density at radius 2 is 1.81 bits per heavy atom. The Morgan fingerprint density at radius 3 is 2.43 bits per heavy atom. The van der Waals surface area contributed by atoms with Gasteiger partial charge in [0, 0.05) is 6.04 Å². The number of hydrogen-bond donors (Lipinski definition) is 1. The van der Waals surface area contributed by atoms with Crippen molar-refractivity contribution in [3.63, 3.8) is 0 Å². The van der Waals surface area contributed by atoms with E-state index in [1.54, 1.807) is 22.6 Å². The Hall–Kier alpha value is -1.31. The number of hydrogen-bond acceptors (Lipinski definition) is 4. The van der Waals surface area contributed by atoms with E-state index in [0.29, 0.717) is 0 Å². The highest BCUT2D eigenvalue weighted by Gasteiger charge is 2.24. The van der Waals surface area contributed by atoms with E-state index >= 15 is 0 Å². The van der Waals surface area contributed by atoms with Crippen molar-refractivity contribution in [3.8, 4) is 0 Å². The topological polar surface area (TPSA) is 64.6 Å². The molecular formula is C15H18INO4. The summed E-state index contributed by atoms with van der Waals surface area (Å²) in [5, 5.41) is 2.86. The van der Waals surface area contributed by atoms with Gasteiger partial charge >= 0.3 is 10.1 Å². The van der Waals surface area contributed by atoms with Crippen LogP contribution in [0.4, 0.5) is 9.59 Å². The van der Waals surface area contributed by atoms with Crippen LogP contribution in [0.3, 0.4) is 0 Å². The Labute approximate surface area is 137 Å². The second kappa shape index (κ2) is 8.21. The molecule has 0 radical (unpaired) electrons. The molecule has 114 valence electrons. The number of carbonyl (C=O) groups is 2. The molecule has 6 heteroatoms. The van der Waals surface area contributed by atoms with Gasteiger partial charge in [0.2, 0.25) is 0 Å². The van der Waals surface area contributed by atoms with Crippen molar-refractivity contribution < 1.29 is 19.1 Å². The number of benzene rings is 1. The van der Waals surface area contributed by atoms with Gasteiger partial charge in [0.1, 0.15) is 12.7 Å². The van der Waals surface area contributed by atoms with Crippen LogP contribution in [0.25, 0.3) is 0 Å². The summed E-state index contributed by atoms with van der Waals surface area (Å²) in [4.78, 5) is 22.6. The van der Waals surface area contributed by atoms with Gasteiger partial charge in [-0.25, -0.2) is 9.59 Å². The van der Waals surface area contributed by atoms with E-state index in [1.165, 1.54) is 0 Å². The maximum absolute atomic E-state index is 11.7. The smallest absolute Gasteiger partial charge is 0.407 e. The first-order chi connectivity index (χ1) is 10.1. The van der Waals surface area contributed by atoms with E-state index in [-0.39, 0.29) is 22.7 Å². The van der Waals surface area contributed by atoms with Crippen molar-refractivity contribution >= 4 is 32.7 Å². The lowest BCUT2D eigenvalue weighted by Gasteiger charge is -2.28. The van der Waals surface area contributed by atoms with Crippen LogP contribution in [-0.2, 0) is 16.1 Å². The Kier molecular flexibility index (Phi) is 6.28. The first-order valence-electron chi connectivity index (χ1n) is 6.97. The van der Waals surface area contributed by atoms with Crippen LogP contribution >= 0.6 is 22.6 Å². The van der Waals surface area contributed by atoms with Crippen LogP contribution < -0.4 is 5.32 Å². The molecule has 1 aliphatic carbocycles. The lowest BCUT2D eigenvalue weighted by molar-refractivity contribution is 0.0867. The van der Waals surface area contributed by atoms with Gasteiger partial charge in [0.15, 0.2) is 0 Å². The van der Waals surface area contributed by atoms with Gasteiger partial charge in [-0.15, -0.1) is 0 Å². The van der Waals surface area contributed by atoms with E-state index in [0.717, 1.165) is 31.2 Å². The summed E-state index contributed by atoms with van der Waals surface area (Å²) in [5.74, 6) is 0. The van der Waals surface area contributed by atoms with E-state index in [2.05, 4.69) is 5.32 Å². The second-order valence-corrected chi connectivity index (χ2v) is 5.92. The molecule has 0 atom stereocenters. The Balaban J connectivity index is 1.66. The lowest BCUT2D eigenvalue weighted by atomic mass is 9.93. The van der Waals surface area contributed by atoms with Gasteiger partial charge in [-0.1, -0.05) is 30.3 Å². The van der Waals surface area contributed by atoms with Crippen LogP contribution in [0.15, 0.2) is 30.3 Å². The molecule has 1 aromatic carbocycles. The third-order valence-electron chi connectivity index (χ3n) is 3.47. The van der Waals surface area contributed by atoms with Gasteiger partial charge in [0.25, 0.3) is 0 Å². The molecule has 5 nitrogen and oxygen atoms in total. The number of ether oxygens (including phenoxy) is 2. The van der Waals surface area contributed by atoms with Gasteiger partial charge in [-0.05, 0) is 31.2 Å². The van der Waals surface area contributed by atoms with Crippen molar-refractivity contribution in [1.29, 1.82) is 0 Å². The highest BCUT2D eigenvalue weighted by Crippen LogP contribution is 2.22. The molecule has 0 heterocycles. The molecule has 0 saturated heterocycles. The zero-order chi connectivity index (χ0) is 15.1. The third kappa shape index (κ3) is 5.91. The fraction of sp³-hybridized carbons (Fsp3) is 0.467. The van der Waals surface area contributed by atoms with Crippen molar-refractivity contribution in [3.05, 3.63) is 35.9 Å². The predicted molar refractivity (Wildman–Crippen MR) is 86.3 cm³/mol. The lowest BCUT2D eigenvalue weighted by Crippen LogP contribution is -2.39. The first kappa shape index (κ1) is 16.1. The average Bonchev–Trinajstić information content (AvgIpc) is 2.48. The van der Waals surface area contributed by atoms with Gasteiger partial charge in [-0.2, -0.15) is 0 Å². The minimum atomic E-state index is -0.395. The zero-order valence-corrected chi connectivity index (χ0v) is 13.7. The monoisotopic (exact) mass is 403 g/mol. The summed E-state index contributed by atoms with van der Waals surface area (Å²) >= 11 is 1.64. The highest BCUT2D eigenvalue weighted by atomic mass is 127. The summed E-state index contributed by atoms with van der Waals surface area (Å²) in [5.41, 5.74) is 0.963. The molecular weight excluding hydrogens is 385 g/mol. The van der Waals surface area contributed by atoms with Crippen LogP contribution in [0.5, 0.6) is 0 Å². The molecule has 1 aromatic rings. The average molecular weight is 403 g/mol. The first-order valence-corrected chi connectivity index (χ1v) is 8.04. The van der Waals surface area contributed by atoms with Gasteiger partial charge in [-0.3, -0.25) is 0 Å². The van der Waals surface area contributed by atoms with Gasteiger partial charge < -0.3 is 14.8 Å². The fourth-order valence-corrected chi connectivity index (χ4v) is 2.75. The van der Waals surface area contributed by atoms with Crippen molar-refractivity contribution in [2.75, 3.05) is 0 Å². The molecule has 0 spiro atoms. The molecule has 1 aliphatic rings. The maximum atomic E-state index is 11.7. The number of amides is 1. The van der Waals surface area contributed by atoms with Crippen molar-refractivity contribution in [2.24, 2.45) is 0 Å². The third-order valence-corrected chi connectivity index (χ3v) is 3.72. The van der Waals surface area contributed by atoms with Crippen LogP contribution in [-0.4, -0.2) is 22.2 Å². The standard InChI is InChI=1S/C15H18INO4/c16-14(18)21-13-8-6-12(7-9-13)17-15(19)20-10-11-4-2-1-3-5-11/h1-5,12-13H,6-10H2,(H,17,19). The Morgan fingerprint density at radius 1 is 1.14 bits per heavy atom. The summed E-state index contributed by atoms with van der Waals surface area (Å²) < 4.78 is 10.1. The molecule has 1 amide bonds. The summed E-state index contributed by atoms with van der Waals surface area (Å²) in [6, 6.07) is 9.66. The quantitative estimate of drug-likeness (QED) is 0.614. The number of halogens is 1. The zero-order valence-electron chi connectivity index (χ0n) is 11.6. The van der Waals surface area contributed by atoms with Crippen LogP contribution in [0.1, 0.15) is 31.2 Å². The number of alkyl carbamates (subject to hydrolysis) is 1. The molecule has 1 saturated carbocycles. The van der Waals surface area contributed by atoms with E-state index < -0.39 is 6.09 Å². The fourth-order valence-electron chi connectivity index (χ4n) is 2.39. The number of rotatable bonds is 4. The Bertz CT molecular complexity index is 472. The highest BCUT2D eigenvalue weighted by molar-refractivity contribution is 14.1. The molecule has 0 unspecified atom stereocenters. The molecule has 1 fully saturated rings. The number of carbonyl (C=O) groups excluding carboxylic acids is 2. The van der Waals surface area contributed by atoms with Crippen LogP contribution in [0.2, 0.25) is 0 Å². The number of nitrogens with one attached hydrogen (secondary N) is 1. The summed E-state index contributed by atoms with van der Waals surface area (Å²) in [7, 11) is 0. The molecule has 0 aliphatic heterocycles. The van der Waals surface area contributed by atoms with Crippen molar-refractivity contribution in [1.82, 2.24) is 5.32 Å². The van der Waals surface area contributed by atoms with Gasteiger partial charge in [0.05, 0.1) is 22.6 Å². The SMILES string of the molecule is O=C(I)OC1CCC(NC(=O)OCc2ccccc2)CC1. The molecule has 0 bridgehead atoms. The maximum Gasteiger partial charge on any atom is 0.407 e. The summed E-state index contributed by atoms with van der Waals surface area (Å²) in [6.07, 6.45) is 2.74. The minimum Gasteiger partial charge on any atom is -0.455 e. The summed E-state index contributed by atoms with van der Waals surface area (Å²) in [6.45, 7) is 0.272. The minimum absolute atomic E-state index is 0.0206. The largest absolute Gasteiger partial charge is 0.455 e. The molecule has 21 heavy (non-hydrogen) atoms. The van der Waals surface area contributed by atoms with E-state index in [4.69, 9.17) is 9.47 Å². The second-order valence-electron chi connectivity index (χ2n) is 5.04. The van der Waals surface area contributed by atoms with E-state index in [9.17, 15) is 9.59 Å². The normalized spacial score (nSPS) is 21.4.